The molecule has 0 fully saturated rings. The minimum atomic E-state index is -0.127. The Morgan fingerprint density at radius 1 is 1.05 bits per heavy atom. The SMILES string of the molecule is CCc1ccc(C(C)(C)NCc2ccc(CO)o2)cc1. The molecular formula is C17H23NO2. The number of hydrogen-bond donors (Lipinski definition) is 2. The maximum atomic E-state index is 8.99. The molecule has 0 bridgehead atoms. The average molecular weight is 273 g/mol. The fourth-order valence-electron chi connectivity index (χ4n) is 2.17. The van der Waals surface area contributed by atoms with Gasteiger partial charge in [0.15, 0.2) is 0 Å². The zero-order valence-corrected chi connectivity index (χ0v) is 12.4. The van der Waals surface area contributed by atoms with Gasteiger partial charge < -0.3 is 14.8 Å². The third-order valence-electron chi connectivity index (χ3n) is 3.66. The van der Waals surface area contributed by atoms with Crippen LogP contribution in [0.5, 0.6) is 0 Å². The normalized spacial score (nSPS) is 11.8. The van der Waals surface area contributed by atoms with E-state index in [1.54, 1.807) is 6.07 Å². The van der Waals surface area contributed by atoms with E-state index in [4.69, 9.17) is 9.52 Å². The van der Waals surface area contributed by atoms with Gasteiger partial charge in [0.1, 0.15) is 18.1 Å². The van der Waals surface area contributed by atoms with E-state index in [2.05, 4.69) is 50.4 Å². The van der Waals surface area contributed by atoms with Crippen molar-refractivity contribution in [1.29, 1.82) is 0 Å². The van der Waals surface area contributed by atoms with Gasteiger partial charge in [-0.05, 0) is 43.5 Å². The fourth-order valence-corrected chi connectivity index (χ4v) is 2.17. The van der Waals surface area contributed by atoms with Crippen molar-refractivity contribution < 1.29 is 9.52 Å². The first-order valence-corrected chi connectivity index (χ1v) is 7.08. The van der Waals surface area contributed by atoms with Crippen LogP contribution >= 0.6 is 0 Å². The van der Waals surface area contributed by atoms with Gasteiger partial charge in [0.2, 0.25) is 0 Å². The summed E-state index contributed by atoms with van der Waals surface area (Å²) in [4.78, 5) is 0. The second-order valence-corrected chi connectivity index (χ2v) is 5.56. The molecule has 0 saturated heterocycles. The van der Waals surface area contributed by atoms with Crippen LogP contribution < -0.4 is 5.32 Å². The largest absolute Gasteiger partial charge is 0.462 e. The summed E-state index contributed by atoms with van der Waals surface area (Å²) in [6, 6.07) is 12.4. The monoisotopic (exact) mass is 273 g/mol. The summed E-state index contributed by atoms with van der Waals surface area (Å²) in [6.45, 7) is 7.06. The smallest absolute Gasteiger partial charge is 0.129 e. The molecule has 3 heteroatoms. The van der Waals surface area contributed by atoms with Crippen LogP contribution in [-0.2, 0) is 25.1 Å². The highest BCUT2D eigenvalue weighted by Gasteiger charge is 2.20. The van der Waals surface area contributed by atoms with Crippen molar-refractivity contribution in [2.45, 2.75) is 45.9 Å². The Morgan fingerprint density at radius 3 is 2.25 bits per heavy atom. The second-order valence-electron chi connectivity index (χ2n) is 5.56. The molecule has 0 atom stereocenters. The molecule has 0 aliphatic rings. The van der Waals surface area contributed by atoms with E-state index in [9.17, 15) is 0 Å². The summed E-state index contributed by atoms with van der Waals surface area (Å²) in [5, 5.41) is 12.5. The third-order valence-corrected chi connectivity index (χ3v) is 3.66. The van der Waals surface area contributed by atoms with E-state index in [1.165, 1.54) is 11.1 Å². The van der Waals surface area contributed by atoms with Crippen LogP contribution in [0.1, 0.15) is 43.4 Å². The van der Waals surface area contributed by atoms with Crippen LogP contribution in [0.2, 0.25) is 0 Å². The Labute approximate surface area is 120 Å². The topological polar surface area (TPSA) is 45.4 Å². The zero-order valence-electron chi connectivity index (χ0n) is 12.4. The Hall–Kier alpha value is -1.58. The van der Waals surface area contributed by atoms with Gasteiger partial charge in [0.05, 0.1) is 6.54 Å². The van der Waals surface area contributed by atoms with E-state index in [1.807, 2.05) is 6.07 Å². The van der Waals surface area contributed by atoms with Crippen LogP contribution in [0.25, 0.3) is 0 Å². The second kappa shape index (κ2) is 6.25. The van der Waals surface area contributed by atoms with E-state index in [-0.39, 0.29) is 12.1 Å². The lowest BCUT2D eigenvalue weighted by molar-refractivity contribution is 0.241. The van der Waals surface area contributed by atoms with Gasteiger partial charge >= 0.3 is 0 Å². The summed E-state index contributed by atoms with van der Waals surface area (Å²) in [5.41, 5.74) is 2.48. The molecule has 108 valence electrons. The number of furan rings is 1. The number of benzene rings is 1. The molecular weight excluding hydrogens is 250 g/mol. The average Bonchev–Trinajstić information content (AvgIpc) is 2.93. The van der Waals surface area contributed by atoms with Crippen LogP contribution in [0.3, 0.4) is 0 Å². The lowest BCUT2D eigenvalue weighted by Crippen LogP contribution is -2.35. The van der Waals surface area contributed by atoms with Gasteiger partial charge in [-0.15, -0.1) is 0 Å². The summed E-state index contributed by atoms with van der Waals surface area (Å²) in [7, 11) is 0. The van der Waals surface area contributed by atoms with E-state index in [0.29, 0.717) is 12.3 Å². The predicted molar refractivity (Wildman–Crippen MR) is 80.3 cm³/mol. The number of aliphatic hydroxyl groups excluding tert-OH is 1. The lowest BCUT2D eigenvalue weighted by Gasteiger charge is -2.27. The van der Waals surface area contributed by atoms with Gasteiger partial charge in [-0.25, -0.2) is 0 Å². The Bertz CT molecular complexity index is 540. The van der Waals surface area contributed by atoms with E-state index >= 15 is 0 Å². The first kappa shape index (κ1) is 14.8. The van der Waals surface area contributed by atoms with Gasteiger partial charge in [0.25, 0.3) is 0 Å². The maximum absolute atomic E-state index is 8.99. The number of hydrogen-bond acceptors (Lipinski definition) is 3. The van der Waals surface area contributed by atoms with Crippen LogP contribution in [0.4, 0.5) is 0 Å². The van der Waals surface area contributed by atoms with Gasteiger partial charge in [-0.1, -0.05) is 31.2 Å². The molecule has 0 aliphatic carbocycles. The van der Waals surface area contributed by atoms with Crippen LogP contribution in [0.15, 0.2) is 40.8 Å². The van der Waals surface area contributed by atoms with Gasteiger partial charge in [0, 0.05) is 5.54 Å². The summed E-state index contributed by atoms with van der Waals surface area (Å²) >= 11 is 0. The highest BCUT2D eigenvalue weighted by atomic mass is 16.4. The predicted octanol–water partition coefficient (Wildman–Crippen LogP) is 3.36. The fraction of sp³-hybridized carbons (Fsp3) is 0.412. The molecule has 2 rings (SSSR count). The molecule has 20 heavy (non-hydrogen) atoms. The molecule has 0 spiro atoms. The summed E-state index contributed by atoms with van der Waals surface area (Å²) < 4.78 is 5.49. The van der Waals surface area contributed by atoms with Crippen molar-refractivity contribution in [3.63, 3.8) is 0 Å². The Morgan fingerprint density at radius 2 is 1.70 bits per heavy atom. The molecule has 0 unspecified atom stereocenters. The number of aryl methyl sites for hydroxylation is 1. The highest BCUT2D eigenvalue weighted by Crippen LogP contribution is 2.21. The molecule has 1 heterocycles. The van der Waals surface area contributed by atoms with Crippen LogP contribution in [0, 0.1) is 0 Å². The molecule has 1 aromatic heterocycles. The molecule has 3 nitrogen and oxygen atoms in total. The highest BCUT2D eigenvalue weighted by molar-refractivity contribution is 5.27. The standard InChI is InChI=1S/C17H23NO2/c1-4-13-5-7-14(8-6-13)17(2,3)18-11-15-9-10-16(12-19)20-15/h5-10,18-19H,4,11-12H2,1-3H3. The van der Waals surface area contributed by atoms with Crippen molar-refractivity contribution in [3.05, 3.63) is 59.0 Å². The molecule has 0 aliphatic heterocycles. The zero-order chi connectivity index (χ0) is 14.6. The summed E-state index contributed by atoms with van der Waals surface area (Å²) in [6.07, 6.45) is 1.06. The van der Waals surface area contributed by atoms with E-state index in [0.717, 1.165) is 12.2 Å². The third kappa shape index (κ3) is 3.50. The molecule has 1 aromatic carbocycles. The van der Waals surface area contributed by atoms with Crippen molar-refractivity contribution in [2.75, 3.05) is 0 Å². The quantitative estimate of drug-likeness (QED) is 0.848. The first-order valence-electron chi connectivity index (χ1n) is 7.08. The lowest BCUT2D eigenvalue weighted by atomic mass is 9.93. The van der Waals surface area contributed by atoms with Gasteiger partial charge in [-0.3, -0.25) is 0 Å². The Balaban J connectivity index is 2.02. The van der Waals surface area contributed by atoms with Crippen molar-refractivity contribution in [2.24, 2.45) is 0 Å². The van der Waals surface area contributed by atoms with Crippen molar-refractivity contribution in [3.8, 4) is 0 Å². The molecule has 0 saturated carbocycles. The number of aliphatic hydroxyl groups is 1. The maximum Gasteiger partial charge on any atom is 0.129 e. The molecule has 2 aromatic rings. The number of rotatable bonds is 6. The first-order chi connectivity index (χ1) is 9.55. The molecule has 2 N–H and O–H groups in total. The van der Waals surface area contributed by atoms with Crippen molar-refractivity contribution >= 4 is 0 Å². The molecule has 0 amide bonds. The van der Waals surface area contributed by atoms with E-state index < -0.39 is 0 Å². The Kier molecular flexibility index (Phi) is 4.63. The summed E-state index contributed by atoms with van der Waals surface area (Å²) in [5.74, 6) is 1.44. The van der Waals surface area contributed by atoms with Crippen molar-refractivity contribution in [1.82, 2.24) is 5.32 Å². The van der Waals surface area contributed by atoms with Crippen LogP contribution in [-0.4, -0.2) is 5.11 Å². The molecule has 0 radical (unpaired) electrons. The minimum absolute atomic E-state index is 0.0537. The number of nitrogens with one attached hydrogen (secondary N) is 1. The van der Waals surface area contributed by atoms with Gasteiger partial charge in [-0.2, -0.15) is 0 Å². The minimum Gasteiger partial charge on any atom is -0.462 e.